The molecule has 1 heterocycles. The van der Waals surface area contributed by atoms with Gasteiger partial charge in [0.2, 0.25) is 0 Å². The van der Waals surface area contributed by atoms with E-state index in [9.17, 15) is 4.79 Å². The molecule has 1 aromatic heterocycles. The first-order chi connectivity index (χ1) is 10.1. The largest absolute Gasteiger partial charge is 0.381 e. The van der Waals surface area contributed by atoms with Gasteiger partial charge in [-0.05, 0) is 31.0 Å². The molecule has 1 amide bonds. The Balaban J connectivity index is 2.02. The molecular weight excluding hydrogens is 334 g/mol. The lowest BCUT2D eigenvalue weighted by Crippen LogP contribution is -2.40. The molecule has 0 radical (unpaired) electrons. The van der Waals surface area contributed by atoms with Gasteiger partial charge in [-0.25, -0.2) is 0 Å². The molecule has 0 saturated heterocycles. The van der Waals surface area contributed by atoms with Gasteiger partial charge in [-0.1, -0.05) is 15.9 Å². The van der Waals surface area contributed by atoms with Crippen molar-refractivity contribution < 1.29 is 9.53 Å². The number of methoxy groups -OCH3 is 1. The molecule has 5 nitrogen and oxygen atoms in total. The number of nitrogens with zero attached hydrogens (tertiary/aromatic N) is 1. The first-order valence-electron chi connectivity index (χ1n) is 6.76. The topological polar surface area (TPSA) is 77.2 Å². The second-order valence-corrected chi connectivity index (χ2v) is 6.16. The second kappa shape index (κ2) is 5.61. The van der Waals surface area contributed by atoms with Crippen molar-refractivity contribution in [2.45, 2.75) is 25.0 Å². The summed E-state index contributed by atoms with van der Waals surface area (Å²) < 4.78 is 6.22. The maximum Gasteiger partial charge on any atom is 0.252 e. The monoisotopic (exact) mass is 349 g/mol. The number of fused-ring (bicyclic) bond motifs is 1. The van der Waals surface area contributed by atoms with E-state index in [0.29, 0.717) is 11.7 Å². The number of carbonyl (C=O) groups is 1. The standard InChI is InChI=1S/C15H16BrN3O2/c1-21-10-5-9(6-10)19-14-11-4-8(16)2-3-13(11)18-7-12(14)15(17)20/h2-4,7,9-10H,5-6H2,1H3,(H2,17,20)(H,18,19)/t9-,10+. The highest BCUT2D eigenvalue weighted by molar-refractivity contribution is 9.10. The highest BCUT2D eigenvalue weighted by atomic mass is 79.9. The molecule has 1 aromatic carbocycles. The van der Waals surface area contributed by atoms with Crippen molar-refractivity contribution in [3.8, 4) is 0 Å². The third-order valence-corrected chi connectivity index (χ3v) is 4.37. The van der Waals surface area contributed by atoms with E-state index in [4.69, 9.17) is 10.5 Å². The summed E-state index contributed by atoms with van der Waals surface area (Å²) in [5.74, 6) is -0.477. The van der Waals surface area contributed by atoms with Crippen LogP contribution in [0.5, 0.6) is 0 Å². The normalized spacial score (nSPS) is 21.0. The number of hydrogen-bond donors (Lipinski definition) is 2. The van der Waals surface area contributed by atoms with E-state index in [1.54, 1.807) is 7.11 Å². The summed E-state index contributed by atoms with van der Waals surface area (Å²) in [5, 5.41) is 4.31. The van der Waals surface area contributed by atoms with Crippen LogP contribution >= 0.6 is 15.9 Å². The Morgan fingerprint density at radius 1 is 1.48 bits per heavy atom. The van der Waals surface area contributed by atoms with E-state index in [-0.39, 0.29) is 6.04 Å². The van der Waals surface area contributed by atoms with E-state index in [1.807, 2.05) is 18.2 Å². The Labute approximate surface area is 131 Å². The van der Waals surface area contributed by atoms with Crippen molar-refractivity contribution >= 4 is 38.4 Å². The summed E-state index contributed by atoms with van der Waals surface area (Å²) in [4.78, 5) is 16.0. The highest BCUT2D eigenvalue weighted by Crippen LogP contribution is 2.33. The smallest absolute Gasteiger partial charge is 0.252 e. The lowest BCUT2D eigenvalue weighted by atomic mass is 9.88. The summed E-state index contributed by atoms with van der Waals surface area (Å²) in [5.41, 5.74) is 7.48. The zero-order chi connectivity index (χ0) is 15.0. The molecule has 6 heteroatoms. The van der Waals surface area contributed by atoms with Crippen molar-refractivity contribution in [1.82, 2.24) is 4.98 Å². The van der Waals surface area contributed by atoms with Gasteiger partial charge in [-0.2, -0.15) is 0 Å². The summed E-state index contributed by atoms with van der Waals surface area (Å²) in [7, 11) is 1.72. The number of benzene rings is 1. The Bertz CT molecular complexity index is 699. The van der Waals surface area contributed by atoms with Gasteiger partial charge < -0.3 is 15.8 Å². The van der Waals surface area contributed by atoms with Crippen LogP contribution in [0.15, 0.2) is 28.9 Å². The summed E-state index contributed by atoms with van der Waals surface area (Å²) in [6.45, 7) is 0. The van der Waals surface area contributed by atoms with E-state index in [1.165, 1.54) is 6.20 Å². The van der Waals surface area contributed by atoms with Crippen LogP contribution in [0.25, 0.3) is 10.9 Å². The molecule has 0 bridgehead atoms. The number of halogens is 1. The summed E-state index contributed by atoms with van der Waals surface area (Å²) >= 11 is 3.45. The zero-order valence-corrected chi connectivity index (χ0v) is 13.2. The third-order valence-electron chi connectivity index (χ3n) is 3.87. The minimum atomic E-state index is -0.477. The number of primary amides is 1. The molecule has 1 aliphatic rings. The van der Waals surface area contributed by atoms with Gasteiger partial charge in [0.25, 0.3) is 5.91 Å². The molecule has 21 heavy (non-hydrogen) atoms. The van der Waals surface area contributed by atoms with Crippen LogP contribution in [0.1, 0.15) is 23.2 Å². The first-order valence-corrected chi connectivity index (χ1v) is 7.55. The molecule has 0 unspecified atom stereocenters. The molecule has 0 atom stereocenters. The summed E-state index contributed by atoms with van der Waals surface area (Å²) in [6.07, 6.45) is 3.67. The number of aromatic nitrogens is 1. The molecule has 110 valence electrons. The van der Waals surface area contributed by atoms with E-state index in [2.05, 4.69) is 26.2 Å². The number of pyridine rings is 1. The molecule has 3 rings (SSSR count). The maximum atomic E-state index is 11.7. The molecule has 1 aliphatic carbocycles. The highest BCUT2D eigenvalue weighted by Gasteiger charge is 2.30. The van der Waals surface area contributed by atoms with Crippen molar-refractivity contribution in [2.75, 3.05) is 12.4 Å². The number of carbonyl (C=O) groups excluding carboxylic acids is 1. The fraction of sp³-hybridized carbons (Fsp3) is 0.333. The molecule has 1 fully saturated rings. The van der Waals surface area contributed by atoms with Gasteiger partial charge in [0, 0.05) is 29.2 Å². The van der Waals surface area contributed by atoms with Crippen LogP contribution in [0.2, 0.25) is 0 Å². The number of hydrogen-bond acceptors (Lipinski definition) is 4. The van der Waals surface area contributed by atoms with Crippen LogP contribution in [0, 0.1) is 0 Å². The van der Waals surface area contributed by atoms with E-state index in [0.717, 1.165) is 33.9 Å². The predicted octanol–water partition coefficient (Wildman–Crippen LogP) is 2.69. The third kappa shape index (κ3) is 2.73. The van der Waals surface area contributed by atoms with Gasteiger partial charge in [0.15, 0.2) is 0 Å². The van der Waals surface area contributed by atoms with Gasteiger partial charge in [-0.15, -0.1) is 0 Å². The number of nitrogens with two attached hydrogens (primary N) is 1. The minimum Gasteiger partial charge on any atom is -0.381 e. The second-order valence-electron chi connectivity index (χ2n) is 5.24. The first kappa shape index (κ1) is 14.3. The average molecular weight is 350 g/mol. The van der Waals surface area contributed by atoms with Crippen molar-refractivity contribution in [3.05, 3.63) is 34.4 Å². The van der Waals surface area contributed by atoms with Crippen LogP contribution in [-0.2, 0) is 4.74 Å². The van der Waals surface area contributed by atoms with Gasteiger partial charge in [0.1, 0.15) is 0 Å². The predicted molar refractivity (Wildman–Crippen MR) is 85.4 cm³/mol. The van der Waals surface area contributed by atoms with Crippen LogP contribution in [0.3, 0.4) is 0 Å². The molecule has 3 N–H and O–H groups in total. The molecular formula is C15H16BrN3O2. The number of amides is 1. The number of ether oxygens (including phenoxy) is 1. The quantitative estimate of drug-likeness (QED) is 0.889. The Morgan fingerprint density at radius 3 is 2.90 bits per heavy atom. The Morgan fingerprint density at radius 2 is 2.24 bits per heavy atom. The number of rotatable bonds is 4. The average Bonchev–Trinajstić information content (AvgIpc) is 2.41. The lowest BCUT2D eigenvalue weighted by molar-refractivity contribution is 0.0329. The Kier molecular flexibility index (Phi) is 3.82. The molecule has 0 spiro atoms. The van der Waals surface area contributed by atoms with E-state index < -0.39 is 5.91 Å². The van der Waals surface area contributed by atoms with Crippen LogP contribution in [0.4, 0.5) is 5.69 Å². The van der Waals surface area contributed by atoms with Gasteiger partial charge >= 0.3 is 0 Å². The van der Waals surface area contributed by atoms with E-state index >= 15 is 0 Å². The molecule has 1 saturated carbocycles. The number of anilines is 1. The molecule has 2 aromatic rings. The van der Waals surface area contributed by atoms with Crippen molar-refractivity contribution in [1.29, 1.82) is 0 Å². The molecule has 0 aliphatic heterocycles. The lowest BCUT2D eigenvalue weighted by Gasteiger charge is -2.35. The van der Waals surface area contributed by atoms with Crippen molar-refractivity contribution in [3.63, 3.8) is 0 Å². The minimum absolute atomic E-state index is 0.289. The maximum absolute atomic E-state index is 11.7. The van der Waals surface area contributed by atoms with Crippen molar-refractivity contribution in [2.24, 2.45) is 5.73 Å². The summed E-state index contributed by atoms with van der Waals surface area (Å²) in [6, 6.07) is 6.07. The zero-order valence-electron chi connectivity index (χ0n) is 11.6. The SMILES string of the molecule is CO[C@H]1C[C@@H](Nc2c(C(N)=O)cnc3ccc(Br)cc23)C1. The van der Waals surface area contributed by atoms with Crippen LogP contribution in [-0.4, -0.2) is 30.1 Å². The van der Waals surface area contributed by atoms with Crippen LogP contribution < -0.4 is 11.1 Å². The fourth-order valence-corrected chi connectivity index (χ4v) is 2.95. The Hall–Kier alpha value is -1.66. The van der Waals surface area contributed by atoms with Gasteiger partial charge in [-0.3, -0.25) is 9.78 Å². The fourth-order valence-electron chi connectivity index (χ4n) is 2.59. The number of nitrogens with one attached hydrogen (secondary N) is 1. The van der Waals surface area contributed by atoms with Gasteiger partial charge in [0.05, 0.1) is 22.9 Å².